The minimum atomic E-state index is -5.68. The molecular formula is C82H157N3O39P2. The molecule has 0 aromatic carbocycles. The quantitative estimate of drug-likeness (QED) is 0.0261. The zero-order valence-electron chi connectivity index (χ0n) is 73.3. The van der Waals surface area contributed by atoms with Crippen molar-refractivity contribution in [2.24, 2.45) is 11.5 Å². The first kappa shape index (κ1) is 113. The van der Waals surface area contributed by atoms with Gasteiger partial charge in [-0.15, -0.1) is 0 Å². The van der Waals surface area contributed by atoms with Crippen molar-refractivity contribution in [2.45, 2.75) is 460 Å². The number of phosphoric acid groups is 2. The van der Waals surface area contributed by atoms with Gasteiger partial charge >= 0.3 is 15.6 Å². The van der Waals surface area contributed by atoms with Crippen molar-refractivity contribution in [3.8, 4) is 0 Å². The summed E-state index contributed by atoms with van der Waals surface area (Å²) in [5, 5.41) is 225. The lowest BCUT2D eigenvalue weighted by molar-refractivity contribution is -0.396. The Bertz CT molecular complexity index is 2970. The van der Waals surface area contributed by atoms with Crippen molar-refractivity contribution < 1.29 is 191 Å². The highest BCUT2D eigenvalue weighted by molar-refractivity contribution is 7.47. The predicted molar refractivity (Wildman–Crippen MR) is 446 cm³/mol. The molecule has 27 N–H and O–H groups in total. The summed E-state index contributed by atoms with van der Waals surface area (Å²) in [7, 11) is -10.7. The van der Waals surface area contributed by atoms with Gasteiger partial charge in [0.25, 0.3) is 0 Å². The van der Waals surface area contributed by atoms with Crippen molar-refractivity contribution in [3.63, 3.8) is 0 Å². The van der Waals surface area contributed by atoms with Crippen LogP contribution in [0.15, 0.2) is 0 Å². The van der Waals surface area contributed by atoms with E-state index in [0.717, 1.165) is 70.6 Å². The summed E-state index contributed by atoms with van der Waals surface area (Å²) in [5.41, 5.74) is 11.8. The average Bonchev–Trinajstić information content (AvgIpc) is 0.770. The molecule has 6 rings (SSSR count). The maximum atomic E-state index is 14.2. The molecule has 5 saturated heterocycles. The number of hydrogen-bond donors (Lipinski definition) is 25. The van der Waals surface area contributed by atoms with Gasteiger partial charge in [-0.25, -0.2) is 9.13 Å². The van der Waals surface area contributed by atoms with Crippen LogP contribution in [0.1, 0.15) is 251 Å². The van der Waals surface area contributed by atoms with Gasteiger partial charge in [0.05, 0.1) is 64.4 Å². The molecule has 2 unspecified atom stereocenters. The van der Waals surface area contributed by atoms with Crippen LogP contribution in [0.2, 0.25) is 0 Å². The van der Waals surface area contributed by atoms with E-state index in [1.807, 2.05) is 0 Å². The Kier molecular flexibility index (Phi) is 54.0. The Hall–Kier alpha value is -1.59. The van der Waals surface area contributed by atoms with E-state index in [4.69, 9.17) is 76.9 Å². The van der Waals surface area contributed by atoms with Crippen LogP contribution in [-0.2, 0) is 79.4 Å². The molecular weight excluding hydrogens is 1710 g/mol. The molecule has 6 fully saturated rings. The van der Waals surface area contributed by atoms with E-state index in [-0.39, 0.29) is 19.4 Å². The van der Waals surface area contributed by atoms with E-state index < -0.39 is 276 Å². The van der Waals surface area contributed by atoms with E-state index in [1.54, 1.807) is 0 Å². The van der Waals surface area contributed by atoms with Crippen LogP contribution in [-0.4, -0.2) is 379 Å². The van der Waals surface area contributed by atoms with Crippen molar-refractivity contribution in [1.82, 2.24) is 5.32 Å². The lowest BCUT2D eigenvalue weighted by atomic mass is 9.84. The predicted octanol–water partition coefficient (Wildman–Crippen LogP) is -0.826. The van der Waals surface area contributed by atoms with E-state index in [9.17, 15) is 126 Å². The van der Waals surface area contributed by atoms with Crippen LogP contribution in [0, 0.1) is 0 Å². The lowest BCUT2D eigenvalue weighted by Crippen LogP contribution is -2.69. The average molecular weight is 1870 g/mol. The highest BCUT2D eigenvalue weighted by Crippen LogP contribution is 2.49. The summed E-state index contributed by atoms with van der Waals surface area (Å²) in [5.74, 6) is -0.571. The lowest BCUT2D eigenvalue weighted by Gasteiger charge is -2.49. The number of aliphatic hydroxyl groups excluding tert-OH is 20. The summed E-state index contributed by atoms with van der Waals surface area (Å²) in [6, 6.07) is -3.50. The summed E-state index contributed by atoms with van der Waals surface area (Å²) in [4.78, 5) is 35.3. The monoisotopic (exact) mass is 1870 g/mol. The molecule has 5 aliphatic heterocycles. The summed E-state index contributed by atoms with van der Waals surface area (Å²) >= 11 is 0. The van der Waals surface area contributed by atoms with E-state index >= 15 is 0 Å². The Morgan fingerprint density at radius 2 is 0.714 bits per heavy atom. The molecule has 744 valence electrons. The molecule has 0 spiro atoms. The van der Waals surface area contributed by atoms with Gasteiger partial charge in [0.15, 0.2) is 31.5 Å². The van der Waals surface area contributed by atoms with Crippen LogP contribution >= 0.6 is 15.6 Å². The van der Waals surface area contributed by atoms with Gasteiger partial charge in [-0.2, -0.15) is 0 Å². The molecule has 36 atom stereocenters. The minimum Gasteiger partial charge on any atom is -0.394 e. The largest absolute Gasteiger partial charge is 0.472 e. The number of phosphoric ester groups is 2. The Morgan fingerprint density at radius 3 is 1.18 bits per heavy atom. The van der Waals surface area contributed by atoms with Gasteiger partial charge in [0.2, 0.25) is 5.91 Å². The molecule has 0 radical (unpaired) electrons. The smallest absolute Gasteiger partial charge is 0.394 e. The third-order valence-electron chi connectivity index (χ3n) is 24.5. The summed E-state index contributed by atoms with van der Waals surface area (Å²) < 4.78 is 106. The second-order valence-electron chi connectivity index (χ2n) is 34.6. The summed E-state index contributed by atoms with van der Waals surface area (Å²) in [6.45, 7) is -2.65. The number of hydrogen-bond acceptors (Lipinski definition) is 39. The number of ether oxygens (including phenoxy) is 10. The molecule has 5 heterocycles. The molecule has 42 nitrogen and oxygen atoms in total. The number of rotatable bonds is 65. The Morgan fingerprint density at radius 1 is 0.365 bits per heavy atom. The minimum absolute atomic E-state index is 0.00910. The van der Waals surface area contributed by atoms with E-state index in [0.29, 0.717) is 12.8 Å². The number of aliphatic hydroxyl groups is 20. The highest BCUT2D eigenvalue weighted by atomic mass is 31.2. The zero-order valence-corrected chi connectivity index (χ0v) is 75.1. The molecule has 0 aromatic rings. The first-order valence-electron chi connectivity index (χ1n) is 46.1. The first-order valence-corrected chi connectivity index (χ1v) is 49.1. The van der Waals surface area contributed by atoms with E-state index in [1.165, 1.54) is 141 Å². The van der Waals surface area contributed by atoms with Crippen LogP contribution < -0.4 is 16.8 Å². The molecule has 44 heteroatoms. The van der Waals surface area contributed by atoms with Gasteiger partial charge in [0.1, 0.15) is 159 Å². The van der Waals surface area contributed by atoms with Crippen molar-refractivity contribution in [1.29, 1.82) is 0 Å². The third-order valence-corrected chi connectivity index (χ3v) is 26.5. The van der Waals surface area contributed by atoms with Crippen molar-refractivity contribution in [3.05, 3.63) is 0 Å². The van der Waals surface area contributed by atoms with Gasteiger partial charge < -0.3 is 176 Å². The third kappa shape index (κ3) is 36.5. The molecule has 0 aromatic heterocycles. The Labute approximate surface area is 739 Å². The first-order chi connectivity index (χ1) is 60.2. The van der Waals surface area contributed by atoms with Crippen molar-refractivity contribution in [2.75, 3.05) is 52.8 Å². The molecule has 1 amide bonds. The van der Waals surface area contributed by atoms with Crippen LogP contribution in [0.5, 0.6) is 0 Å². The fraction of sp³-hybridized carbons (Fsp3) is 0.988. The van der Waals surface area contributed by atoms with Crippen LogP contribution in [0.25, 0.3) is 0 Å². The number of amides is 1. The van der Waals surface area contributed by atoms with Gasteiger partial charge in [-0.1, -0.05) is 232 Å². The van der Waals surface area contributed by atoms with Gasteiger partial charge in [0, 0.05) is 13.0 Å². The molecule has 6 aliphatic rings. The number of nitrogens with two attached hydrogens (primary N) is 2. The second-order valence-corrected chi connectivity index (χ2v) is 37.5. The second kappa shape index (κ2) is 60.1. The fourth-order valence-electron chi connectivity index (χ4n) is 16.6. The van der Waals surface area contributed by atoms with Gasteiger partial charge in [-0.3, -0.25) is 22.9 Å². The molecule has 126 heavy (non-hydrogen) atoms. The molecule has 0 bridgehead atoms. The number of unbranched alkanes of at least 4 members (excludes halogenated alkanes) is 33. The topological polar surface area (TPSA) is 690 Å². The molecule has 1 saturated carbocycles. The maximum absolute atomic E-state index is 14.2. The van der Waals surface area contributed by atoms with Crippen LogP contribution in [0.3, 0.4) is 0 Å². The normalized spacial score (nSPS) is 36.3. The Balaban J connectivity index is 1.08. The summed E-state index contributed by atoms with van der Waals surface area (Å²) in [6.07, 6.45) is -27.6. The zero-order chi connectivity index (χ0) is 92.6. The van der Waals surface area contributed by atoms with Crippen molar-refractivity contribution >= 4 is 21.6 Å². The maximum Gasteiger partial charge on any atom is 0.472 e. The standard InChI is InChI=1S/C82H157N3O39P2/c1-3-5-7-9-11-13-15-17-18-19-20-21-22-23-24-25-26-27-29-31-33-35-37-39-55(90)85-48(57(91)49(89)38-36-34-32-30-28-16-14-12-10-8-6-4-2)45-113-126(109,110)124-75-70(104)66(100)65(99)69(103)74(75)121-78-56(84)62(96)73(52(44-88)117-78)120-80-72(106)64(98)60(94)53(118-80)46-111-81-76(67(101)59(93)51(43-87)116-81)123-82-77(122-79-71(105)63(97)58(92)50(42-86)115-79)68(102)61(95)54(119-82)47-114-125(107,108)112-41-40-83/h48-54,56-82,86-89,91-106H,3-47,83-84H2,1-2H3,(H,85,90)(H,107,108)(H,109,110)/t48-,49+,50+,51+,52+,53+,54+,56+,57-,58+,59+,60+,61+,62+,63-,64-,65+,66+,67-,68-,69-,70+,71-,72-,73+,74+,75+,76-,77-,78+,79+,80+,81-,82+/m0/s1. The number of nitrogens with one attached hydrogen (secondary N) is 1. The number of carbonyl (C=O) groups is 1. The number of carbonyl (C=O) groups excluding carboxylic acids is 1. The SMILES string of the molecule is CCCCCCCCCCCCCCCCCCCCCCCCCC(=O)N[C@@H](COP(=O)(O)O[C@@H]1[C@H](O)[C@H](O)[C@@H](O)[C@H](O)[C@H]1O[C@H]1O[C@H](CO)[C@@H](O[C@H]2O[C@H](CO[C@H]3O[C@H](CO)[C@@H](O)[C@H](O)[C@@H]3O[C@H]3O[C@H](COP(=O)(O)OCCN)[C@@H](O)[C@H](O)[C@@H]3O[C@H]3O[C@H](CO)[C@@H](O)[C@H](O)[C@@H]3O)[C@@H](O)[C@H](O)[C@@H]2O)[C@H](O)[C@H]1N)[C@H](O)[C@H](O)CCCCCCCCCCCCCC. The molecule has 1 aliphatic carbocycles. The van der Waals surface area contributed by atoms with Gasteiger partial charge in [-0.05, 0) is 12.8 Å². The van der Waals surface area contributed by atoms with Crippen LogP contribution in [0.4, 0.5) is 0 Å². The van der Waals surface area contributed by atoms with E-state index in [2.05, 4.69) is 19.2 Å². The fourth-order valence-corrected chi connectivity index (χ4v) is 18.3. The highest BCUT2D eigenvalue weighted by Gasteiger charge is 2.59.